The summed E-state index contributed by atoms with van der Waals surface area (Å²) in [6, 6.07) is 7.67. The maximum atomic E-state index is 12.6. The van der Waals surface area contributed by atoms with E-state index >= 15 is 0 Å². The van der Waals surface area contributed by atoms with Crippen molar-refractivity contribution >= 4 is 18.5 Å². The molecule has 0 N–H and O–H groups in total. The van der Waals surface area contributed by atoms with Crippen LogP contribution in [0.3, 0.4) is 0 Å². The maximum Gasteiger partial charge on any atom is 0.254 e. The van der Waals surface area contributed by atoms with E-state index in [1.54, 1.807) is 7.11 Å². The summed E-state index contributed by atoms with van der Waals surface area (Å²) in [5, 5.41) is 0. The number of hydrogen-bond donors (Lipinski definition) is 1. The fourth-order valence-electron chi connectivity index (χ4n) is 2.28. The molecule has 1 aliphatic carbocycles. The van der Waals surface area contributed by atoms with Gasteiger partial charge in [0, 0.05) is 30.2 Å². The molecule has 0 saturated heterocycles. The summed E-state index contributed by atoms with van der Waals surface area (Å²) < 4.78 is 5.12. The van der Waals surface area contributed by atoms with Crippen LogP contribution in [-0.4, -0.2) is 37.1 Å². The Bertz CT molecular complexity index is 428. The first-order valence-electron chi connectivity index (χ1n) is 6.72. The summed E-state index contributed by atoms with van der Waals surface area (Å²) in [7, 11) is 1.67. The minimum Gasteiger partial charge on any atom is -0.383 e. The highest BCUT2D eigenvalue weighted by atomic mass is 32.1. The van der Waals surface area contributed by atoms with Gasteiger partial charge < -0.3 is 9.64 Å². The lowest BCUT2D eigenvalue weighted by molar-refractivity contribution is 0.0594. The molecule has 0 aliphatic heterocycles. The smallest absolute Gasteiger partial charge is 0.254 e. The van der Waals surface area contributed by atoms with Crippen LogP contribution in [-0.2, 0) is 4.74 Å². The summed E-state index contributed by atoms with van der Waals surface area (Å²) in [5.41, 5.74) is 0.724. The first kappa shape index (κ1) is 14.4. The third-order valence-electron chi connectivity index (χ3n) is 3.71. The molecule has 3 nitrogen and oxygen atoms in total. The maximum absolute atomic E-state index is 12.6. The number of benzene rings is 1. The van der Waals surface area contributed by atoms with Crippen molar-refractivity contribution in [3.63, 3.8) is 0 Å². The van der Waals surface area contributed by atoms with Crippen LogP contribution in [0.25, 0.3) is 0 Å². The number of amides is 1. The molecule has 0 bridgehead atoms. The Hall–Kier alpha value is -1.00. The molecule has 1 aliphatic rings. The average Bonchev–Trinajstić information content (AvgIpc) is 3.23. The summed E-state index contributed by atoms with van der Waals surface area (Å²) in [5.74, 6) is 0.745. The van der Waals surface area contributed by atoms with Gasteiger partial charge in [-0.3, -0.25) is 4.79 Å². The summed E-state index contributed by atoms with van der Waals surface area (Å²) in [4.78, 5) is 15.4. The van der Waals surface area contributed by atoms with Crippen LogP contribution in [0.1, 0.15) is 30.1 Å². The van der Waals surface area contributed by atoms with Crippen molar-refractivity contribution in [2.24, 2.45) is 5.92 Å². The summed E-state index contributed by atoms with van der Waals surface area (Å²) in [6.07, 6.45) is 2.46. The van der Waals surface area contributed by atoms with Crippen molar-refractivity contribution in [1.29, 1.82) is 0 Å². The quantitative estimate of drug-likeness (QED) is 0.811. The Kier molecular flexibility index (Phi) is 4.88. The highest BCUT2D eigenvalue weighted by Crippen LogP contribution is 2.35. The zero-order chi connectivity index (χ0) is 13.8. The van der Waals surface area contributed by atoms with Gasteiger partial charge >= 0.3 is 0 Å². The molecule has 2 rings (SSSR count). The lowest BCUT2D eigenvalue weighted by Crippen LogP contribution is -2.42. The highest BCUT2D eigenvalue weighted by Gasteiger charge is 2.34. The van der Waals surface area contributed by atoms with Gasteiger partial charge in [-0.15, -0.1) is 12.6 Å². The van der Waals surface area contributed by atoms with Gasteiger partial charge in [0.1, 0.15) is 0 Å². The predicted molar refractivity (Wildman–Crippen MR) is 78.8 cm³/mol. The Morgan fingerprint density at radius 1 is 1.42 bits per heavy atom. The van der Waals surface area contributed by atoms with Crippen LogP contribution in [0.2, 0.25) is 0 Å². The number of carbonyl (C=O) groups excluding carboxylic acids is 1. The molecule has 1 fully saturated rings. The van der Waals surface area contributed by atoms with Crippen molar-refractivity contribution in [3.05, 3.63) is 29.8 Å². The van der Waals surface area contributed by atoms with Crippen LogP contribution in [0.15, 0.2) is 29.2 Å². The van der Waals surface area contributed by atoms with E-state index in [1.165, 1.54) is 12.8 Å². The second-order valence-corrected chi connectivity index (χ2v) is 5.63. The van der Waals surface area contributed by atoms with Gasteiger partial charge in [0.15, 0.2) is 0 Å². The van der Waals surface area contributed by atoms with Crippen molar-refractivity contribution in [2.45, 2.75) is 30.7 Å². The number of ether oxygens (including phenoxy) is 1. The molecule has 1 atom stereocenters. The molecule has 1 unspecified atom stereocenters. The van der Waals surface area contributed by atoms with E-state index < -0.39 is 0 Å². The van der Waals surface area contributed by atoms with Crippen LogP contribution in [0.4, 0.5) is 0 Å². The number of nitrogens with zero attached hydrogens (tertiary/aromatic N) is 1. The molecule has 104 valence electrons. The summed E-state index contributed by atoms with van der Waals surface area (Å²) in [6.45, 7) is 3.36. The second-order valence-electron chi connectivity index (χ2n) is 5.12. The van der Waals surface area contributed by atoms with Gasteiger partial charge in [-0.25, -0.2) is 0 Å². The van der Waals surface area contributed by atoms with E-state index in [0.29, 0.717) is 25.1 Å². The fraction of sp³-hybridized carbons (Fsp3) is 0.533. The number of methoxy groups -OCH3 is 1. The van der Waals surface area contributed by atoms with E-state index in [4.69, 9.17) is 4.74 Å². The zero-order valence-electron chi connectivity index (χ0n) is 11.5. The SMILES string of the molecule is COCCN(C(=O)c1ccc(S)cc1)C(C)C1CC1. The Labute approximate surface area is 120 Å². The Balaban J connectivity index is 2.11. The molecule has 0 radical (unpaired) electrons. The highest BCUT2D eigenvalue weighted by molar-refractivity contribution is 7.80. The largest absolute Gasteiger partial charge is 0.383 e. The molecule has 0 aromatic heterocycles. The van der Waals surface area contributed by atoms with Crippen molar-refractivity contribution < 1.29 is 9.53 Å². The molecule has 1 aromatic carbocycles. The van der Waals surface area contributed by atoms with Crippen molar-refractivity contribution in [2.75, 3.05) is 20.3 Å². The predicted octanol–water partition coefficient (Wildman–Crippen LogP) is 2.86. The molecule has 19 heavy (non-hydrogen) atoms. The zero-order valence-corrected chi connectivity index (χ0v) is 12.4. The molecule has 4 heteroatoms. The molecule has 1 aromatic rings. The van der Waals surface area contributed by atoms with Crippen LogP contribution in [0.5, 0.6) is 0 Å². The molecular formula is C15H21NO2S. The lowest BCUT2D eigenvalue weighted by Gasteiger charge is -2.29. The second kappa shape index (κ2) is 6.44. The number of carbonyl (C=O) groups is 1. The van der Waals surface area contributed by atoms with E-state index in [1.807, 2.05) is 29.2 Å². The van der Waals surface area contributed by atoms with Crippen molar-refractivity contribution in [3.8, 4) is 0 Å². The van der Waals surface area contributed by atoms with Gasteiger partial charge in [0.25, 0.3) is 5.91 Å². The molecule has 1 amide bonds. The van der Waals surface area contributed by atoms with E-state index in [-0.39, 0.29) is 5.91 Å². The van der Waals surface area contributed by atoms with Crippen LogP contribution < -0.4 is 0 Å². The molecule has 0 spiro atoms. The van der Waals surface area contributed by atoms with Gasteiger partial charge in [0.05, 0.1) is 6.61 Å². The first-order valence-corrected chi connectivity index (χ1v) is 7.17. The van der Waals surface area contributed by atoms with Gasteiger partial charge in [0.2, 0.25) is 0 Å². The third kappa shape index (κ3) is 3.74. The van der Waals surface area contributed by atoms with Crippen LogP contribution in [0, 0.1) is 5.92 Å². The van der Waals surface area contributed by atoms with Crippen molar-refractivity contribution in [1.82, 2.24) is 4.90 Å². The lowest BCUT2D eigenvalue weighted by atomic mass is 10.1. The fourth-order valence-corrected chi connectivity index (χ4v) is 2.43. The topological polar surface area (TPSA) is 29.5 Å². The first-order chi connectivity index (χ1) is 9.13. The Morgan fingerprint density at radius 3 is 2.58 bits per heavy atom. The number of rotatable bonds is 6. The molecular weight excluding hydrogens is 258 g/mol. The minimum atomic E-state index is 0.0878. The monoisotopic (exact) mass is 279 g/mol. The third-order valence-corrected chi connectivity index (χ3v) is 4.01. The molecule has 1 saturated carbocycles. The standard InChI is InChI=1S/C15H21NO2S/c1-11(12-3-4-12)16(9-10-18-2)15(17)13-5-7-14(19)8-6-13/h5-8,11-12,19H,3-4,9-10H2,1-2H3. The minimum absolute atomic E-state index is 0.0878. The van der Waals surface area contributed by atoms with Crippen LogP contribution >= 0.6 is 12.6 Å². The Morgan fingerprint density at radius 2 is 2.05 bits per heavy atom. The van der Waals surface area contributed by atoms with E-state index in [9.17, 15) is 4.79 Å². The molecule has 0 heterocycles. The van der Waals surface area contributed by atoms with Gasteiger partial charge in [-0.1, -0.05) is 0 Å². The average molecular weight is 279 g/mol. The number of hydrogen-bond acceptors (Lipinski definition) is 3. The van der Waals surface area contributed by atoms with E-state index in [0.717, 1.165) is 10.5 Å². The summed E-state index contributed by atoms with van der Waals surface area (Å²) >= 11 is 4.25. The normalized spacial score (nSPS) is 16.2. The van der Waals surface area contributed by atoms with Gasteiger partial charge in [-0.2, -0.15) is 0 Å². The van der Waals surface area contributed by atoms with E-state index in [2.05, 4.69) is 19.6 Å². The number of thiol groups is 1. The van der Waals surface area contributed by atoms with Gasteiger partial charge in [-0.05, 0) is 49.9 Å².